The molecule has 0 fully saturated rings. The highest BCUT2D eigenvalue weighted by atomic mass is 31.2. The summed E-state index contributed by atoms with van der Waals surface area (Å²) in [6, 6.07) is 0. The first-order chi connectivity index (χ1) is 3.71. The normalized spacial score (nSPS) is 13.9. The molecule has 0 unspecified atom stereocenters. The van der Waals surface area contributed by atoms with Crippen molar-refractivity contribution in [3.05, 3.63) is 0 Å². The first kappa shape index (κ1) is 9.11. The maximum atomic E-state index is 10.3. The van der Waals surface area contributed by atoms with Crippen LogP contribution in [0.15, 0.2) is 0 Å². The SMILES string of the molecule is CC(C)(N)CP(=O)(O)O. The Labute approximate surface area is 54.2 Å². The van der Waals surface area contributed by atoms with Crippen LogP contribution in [0, 0.1) is 0 Å². The Hall–Kier alpha value is 0.110. The zero-order chi connectivity index (χ0) is 7.71. The molecule has 0 radical (unpaired) electrons. The van der Waals surface area contributed by atoms with Gasteiger partial charge in [-0.1, -0.05) is 0 Å². The number of nitrogens with two attached hydrogens (primary N) is 1. The smallest absolute Gasteiger partial charge is 0.325 e. The highest BCUT2D eigenvalue weighted by Gasteiger charge is 2.23. The molecular formula is C4H12NO3P. The fourth-order valence-electron chi connectivity index (χ4n) is 0.531. The van der Waals surface area contributed by atoms with Gasteiger partial charge in [0, 0.05) is 5.54 Å². The van der Waals surface area contributed by atoms with Crippen LogP contribution in [0.4, 0.5) is 0 Å². The Kier molecular flexibility index (Phi) is 2.41. The number of hydrogen-bond acceptors (Lipinski definition) is 2. The molecule has 0 amide bonds. The van der Waals surface area contributed by atoms with E-state index >= 15 is 0 Å². The Bertz CT molecular complexity index is 133. The van der Waals surface area contributed by atoms with E-state index in [1.54, 1.807) is 13.8 Å². The average molecular weight is 153 g/mol. The van der Waals surface area contributed by atoms with Crippen LogP contribution in [0.5, 0.6) is 0 Å². The van der Waals surface area contributed by atoms with Crippen LogP contribution >= 0.6 is 7.60 Å². The molecule has 0 aromatic rings. The molecule has 0 rings (SSSR count). The average Bonchev–Trinajstić information content (AvgIpc) is 1.14. The highest BCUT2D eigenvalue weighted by Crippen LogP contribution is 2.37. The van der Waals surface area contributed by atoms with Crippen molar-refractivity contribution in [1.82, 2.24) is 0 Å². The van der Waals surface area contributed by atoms with E-state index in [9.17, 15) is 4.57 Å². The van der Waals surface area contributed by atoms with Crippen molar-refractivity contribution in [2.45, 2.75) is 19.4 Å². The maximum Gasteiger partial charge on any atom is 0.327 e. The molecule has 0 heterocycles. The summed E-state index contributed by atoms with van der Waals surface area (Å²) < 4.78 is 10.3. The second kappa shape index (κ2) is 2.39. The van der Waals surface area contributed by atoms with Crippen LogP contribution < -0.4 is 5.73 Å². The molecule has 5 heteroatoms. The quantitative estimate of drug-likeness (QED) is 0.484. The van der Waals surface area contributed by atoms with Gasteiger partial charge in [0.25, 0.3) is 0 Å². The summed E-state index contributed by atoms with van der Waals surface area (Å²) in [5, 5.41) is 0. The third kappa shape index (κ3) is 8.11. The van der Waals surface area contributed by atoms with Crippen LogP contribution in [-0.2, 0) is 4.57 Å². The maximum absolute atomic E-state index is 10.3. The minimum Gasteiger partial charge on any atom is -0.325 e. The lowest BCUT2D eigenvalue weighted by atomic mass is 10.1. The van der Waals surface area contributed by atoms with Crippen molar-refractivity contribution >= 4 is 7.60 Å². The molecule has 0 aliphatic heterocycles. The lowest BCUT2D eigenvalue weighted by molar-refractivity contribution is 0.359. The van der Waals surface area contributed by atoms with E-state index in [1.807, 2.05) is 0 Å². The third-order valence-corrected chi connectivity index (χ3v) is 1.84. The molecule has 0 spiro atoms. The first-order valence-electron chi connectivity index (χ1n) is 2.54. The zero-order valence-corrected chi connectivity index (χ0v) is 6.43. The summed E-state index contributed by atoms with van der Waals surface area (Å²) >= 11 is 0. The van der Waals surface area contributed by atoms with E-state index in [0.29, 0.717) is 0 Å². The summed E-state index contributed by atoms with van der Waals surface area (Å²) in [7, 11) is -3.91. The van der Waals surface area contributed by atoms with Crippen molar-refractivity contribution in [2.75, 3.05) is 6.16 Å². The Balaban J connectivity index is 3.90. The van der Waals surface area contributed by atoms with Gasteiger partial charge in [-0.15, -0.1) is 0 Å². The van der Waals surface area contributed by atoms with Gasteiger partial charge in [0.2, 0.25) is 0 Å². The molecule has 0 saturated heterocycles. The lowest BCUT2D eigenvalue weighted by Gasteiger charge is -2.18. The minimum absolute atomic E-state index is 0.264. The molecule has 9 heavy (non-hydrogen) atoms. The fourth-order valence-corrected chi connectivity index (χ4v) is 1.59. The molecule has 0 atom stereocenters. The van der Waals surface area contributed by atoms with Gasteiger partial charge in [0.1, 0.15) is 0 Å². The van der Waals surface area contributed by atoms with Gasteiger partial charge in [-0.3, -0.25) is 4.57 Å². The molecule has 0 aliphatic carbocycles. The van der Waals surface area contributed by atoms with Crippen LogP contribution in [0.3, 0.4) is 0 Å². The van der Waals surface area contributed by atoms with Gasteiger partial charge < -0.3 is 15.5 Å². The van der Waals surface area contributed by atoms with E-state index in [-0.39, 0.29) is 6.16 Å². The predicted octanol–water partition coefficient (Wildman–Crippen LogP) is -0.0986. The summed E-state index contributed by atoms with van der Waals surface area (Å²) in [6.07, 6.45) is -0.264. The van der Waals surface area contributed by atoms with Crippen LogP contribution in [-0.4, -0.2) is 21.5 Å². The van der Waals surface area contributed by atoms with Crippen molar-refractivity contribution in [3.63, 3.8) is 0 Å². The Morgan fingerprint density at radius 2 is 1.89 bits per heavy atom. The highest BCUT2D eigenvalue weighted by molar-refractivity contribution is 7.51. The predicted molar refractivity (Wildman–Crippen MR) is 35.2 cm³/mol. The molecule has 0 aromatic heterocycles. The summed E-state index contributed by atoms with van der Waals surface area (Å²) in [5.41, 5.74) is 4.55. The molecule has 0 aliphatic rings. The monoisotopic (exact) mass is 153 g/mol. The van der Waals surface area contributed by atoms with Gasteiger partial charge in [0.15, 0.2) is 0 Å². The molecule has 4 N–H and O–H groups in total. The van der Waals surface area contributed by atoms with Crippen molar-refractivity contribution < 1.29 is 14.4 Å². The van der Waals surface area contributed by atoms with Gasteiger partial charge in [-0.25, -0.2) is 0 Å². The molecule has 0 aromatic carbocycles. The van der Waals surface area contributed by atoms with Crippen molar-refractivity contribution in [1.29, 1.82) is 0 Å². The Morgan fingerprint density at radius 1 is 1.56 bits per heavy atom. The molecule has 56 valence electrons. The molecule has 0 saturated carbocycles. The van der Waals surface area contributed by atoms with E-state index in [2.05, 4.69) is 0 Å². The van der Waals surface area contributed by atoms with E-state index in [0.717, 1.165) is 0 Å². The largest absolute Gasteiger partial charge is 0.327 e. The second-order valence-corrected chi connectivity index (χ2v) is 4.46. The summed E-state index contributed by atoms with van der Waals surface area (Å²) in [5.74, 6) is 0. The van der Waals surface area contributed by atoms with E-state index in [4.69, 9.17) is 15.5 Å². The van der Waals surface area contributed by atoms with Crippen LogP contribution in [0.2, 0.25) is 0 Å². The molecule has 4 nitrogen and oxygen atoms in total. The number of rotatable bonds is 2. The lowest BCUT2D eigenvalue weighted by Crippen LogP contribution is -2.35. The van der Waals surface area contributed by atoms with Crippen molar-refractivity contribution in [2.24, 2.45) is 5.73 Å². The third-order valence-electron chi connectivity index (χ3n) is 0.613. The summed E-state index contributed by atoms with van der Waals surface area (Å²) in [6.45, 7) is 3.15. The van der Waals surface area contributed by atoms with E-state index < -0.39 is 13.1 Å². The fraction of sp³-hybridized carbons (Fsp3) is 1.00. The van der Waals surface area contributed by atoms with Crippen molar-refractivity contribution in [3.8, 4) is 0 Å². The van der Waals surface area contributed by atoms with E-state index in [1.165, 1.54) is 0 Å². The van der Waals surface area contributed by atoms with Gasteiger partial charge >= 0.3 is 7.60 Å². The number of hydrogen-bond donors (Lipinski definition) is 3. The van der Waals surface area contributed by atoms with Gasteiger partial charge in [-0.05, 0) is 13.8 Å². The standard InChI is InChI=1S/C4H12NO3P/c1-4(2,5)3-9(6,7)8/h3,5H2,1-2H3,(H2,6,7,8). The van der Waals surface area contributed by atoms with Gasteiger partial charge in [0.05, 0.1) is 6.16 Å². The van der Waals surface area contributed by atoms with Crippen LogP contribution in [0.25, 0.3) is 0 Å². The second-order valence-electron chi connectivity index (χ2n) is 2.81. The Morgan fingerprint density at radius 3 is 1.89 bits per heavy atom. The van der Waals surface area contributed by atoms with Crippen LogP contribution in [0.1, 0.15) is 13.8 Å². The summed E-state index contributed by atoms with van der Waals surface area (Å²) in [4.78, 5) is 16.8. The minimum atomic E-state index is -3.91. The van der Waals surface area contributed by atoms with Gasteiger partial charge in [-0.2, -0.15) is 0 Å². The zero-order valence-electron chi connectivity index (χ0n) is 5.53. The topological polar surface area (TPSA) is 83.6 Å². The first-order valence-corrected chi connectivity index (χ1v) is 4.34. The molecular weight excluding hydrogens is 141 g/mol. The molecule has 0 bridgehead atoms.